The van der Waals surface area contributed by atoms with Crippen molar-refractivity contribution in [3.05, 3.63) is 63.3 Å². The normalized spacial score (nSPS) is 17.6. The van der Waals surface area contributed by atoms with E-state index in [1.807, 2.05) is 0 Å². The summed E-state index contributed by atoms with van der Waals surface area (Å²) in [5.41, 5.74) is 7.49. The van der Waals surface area contributed by atoms with Crippen molar-refractivity contribution >= 4 is 44.2 Å². The average Bonchev–Trinajstić information content (AvgIpc) is 3.26. The van der Waals surface area contributed by atoms with Crippen molar-refractivity contribution in [2.24, 2.45) is 0 Å². The van der Waals surface area contributed by atoms with E-state index in [9.17, 15) is 14.0 Å². The van der Waals surface area contributed by atoms with Crippen LogP contribution in [-0.4, -0.2) is 43.6 Å². The first kappa shape index (κ1) is 21.6. The molecule has 0 spiro atoms. The predicted octanol–water partition coefficient (Wildman–Crippen LogP) is 3.29. The van der Waals surface area contributed by atoms with E-state index in [1.165, 1.54) is 23.5 Å². The van der Waals surface area contributed by atoms with Gasteiger partial charge in [-0.1, -0.05) is 18.4 Å². The molecule has 1 aliphatic carbocycles. The first-order chi connectivity index (χ1) is 16.9. The lowest BCUT2D eigenvalue weighted by Crippen LogP contribution is -2.27. The van der Waals surface area contributed by atoms with E-state index >= 15 is 0 Å². The number of halogens is 1. The van der Waals surface area contributed by atoms with Gasteiger partial charge in [0.15, 0.2) is 5.82 Å². The van der Waals surface area contributed by atoms with Gasteiger partial charge in [0.05, 0.1) is 37.8 Å². The fourth-order valence-corrected chi connectivity index (χ4v) is 5.76. The number of nitrogens with zero attached hydrogens (tertiary/aromatic N) is 4. The Balaban J connectivity index is 1.43. The Morgan fingerprint density at radius 3 is 2.86 bits per heavy atom. The molecule has 8 nitrogen and oxygen atoms in total. The average molecular weight is 489 g/mol. The number of nitrogens with two attached hydrogens (primary N) is 1. The number of aromatic nitrogens is 4. The second-order valence-corrected chi connectivity index (χ2v) is 9.98. The third-order valence-electron chi connectivity index (χ3n) is 6.58. The minimum absolute atomic E-state index is 0.129. The molecule has 6 rings (SSSR count). The maximum absolute atomic E-state index is 14.8. The van der Waals surface area contributed by atoms with Gasteiger partial charge < -0.3 is 15.2 Å². The molecule has 10 heteroatoms. The molecular formula is C25H21FN6O2S. The van der Waals surface area contributed by atoms with Crippen molar-refractivity contribution in [1.82, 2.24) is 24.6 Å². The van der Waals surface area contributed by atoms with E-state index in [0.29, 0.717) is 41.9 Å². The first-order valence-corrected chi connectivity index (χ1v) is 12.2. The minimum Gasteiger partial charge on any atom is -0.382 e. The number of amides is 1. The second-order valence-electron chi connectivity index (χ2n) is 8.92. The Bertz CT molecular complexity index is 1650. The number of hydrogen-bond donors (Lipinski definition) is 2. The number of rotatable bonds is 3. The largest absolute Gasteiger partial charge is 0.382 e. The van der Waals surface area contributed by atoms with Crippen LogP contribution in [0, 0.1) is 17.7 Å². The number of thiazole rings is 1. The van der Waals surface area contributed by atoms with Crippen molar-refractivity contribution < 1.29 is 9.18 Å². The number of benzene rings is 1. The molecule has 0 unspecified atom stereocenters. The molecule has 176 valence electrons. The highest BCUT2D eigenvalue weighted by atomic mass is 32.1. The summed E-state index contributed by atoms with van der Waals surface area (Å²) >= 11 is 1.53. The topological polar surface area (TPSA) is 110 Å². The molecule has 3 N–H and O–H groups in total. The van der Waals surface area contributed by atoms with Crippen molar-refractivity contribution in [3.8, 4) is 11.8 Å². The number of H-pyrrole nitrogens is 1. The number of likely N-dealkylation sites (tertiary alicyclic amines) is 1. The van der Waals surface area contributed by atoms with Gasteiger partial charge in [-0.3, -0.25) is 9.59 Å². The molecule has 0 bridgehead atoms. The Labute approximate surface area is 203 Å². The minimum atomic E-state index is -0.418. The molecule has 4 aromatic rings. The fourth-order valence-electron chi connectivity index (χ4n) is 4.62. The highest BCUT2D eigenvalue weighted by molar-refractivity contribution is 7.18. The lowest BCUT2D eigenvalue weighted by molar-refractivity contribution is -0.125. The van der Waals surface area contributed by atoms with Crippen molar-refractivity contribution in [2.75, 3.05) is 18.8 Å². The van der Waals surface area contributed by atoms with Gasteiger partial charge in [0, 0.05) is 25.2 Å². The molecular weight excluding hydrogens is 467 g/mol. The molecule has 1 saturated carbocycles. The Kier molecular flexibility index (Phi) is 4.96. The van der Waals surface area contributed by atoms with Crippen LogP contribution in [0.15, 0.2) is 35.8 Å². The smallest absolute Gasteiger partial charge is 0.288 e. The number of carbonyl (C=O) groups excluding carboxylic acids is 1. The number of anilines is 1. The van der Waals surface area contributed by atoms with Crippen molar-refractivity contribution in [2.45, 2.75) is 31.2 Å². The maximum atomic E-state index is 14.8. The Morgan fingerprint density at radius 2 is 2.09 bits per heavy atom. The van der Waals surface area contributed by atoms with Crippen LogP contribution in [0.1, 0.15) is 47.4 Å². The van der Waals surface area contributed by atoms with E-state index in [4.69, 9.17) is 5.73 Å². The molecule has 1 aromatic carbocycles. The monoisotopic (exact) mass is 488 g/mol. The Morgan fingerprint density at radius 1 is 1.29 bits per heavy atom. The van der Waals surface area contributed by atoms with Crippen LogP contribution in [0.3, 0.4) is 0 Å². The molecule has 35 heavy (non-hydrogen) atoms. The number of nitrogens with one attached hydrogen (secondary N) is 1. The molecule has 1 amide bonds. The zero-order valence-electron chi connectivity index (χ0n) is 18.7. The SMILES string of the molecule is C=CC(=O)N1CC[C@H](n2cc(C#Cc3cc4nc(C5CC5)sc4cc3F)c3c(N)n[nH]c(=O)c32)C1. The maximum Gasteiger partial charge on any atom is 0.288 e. The molecule has 1 aliphatic heterocycles. The van der Waals surface area contributed by atoms with E-state index in [0.717, 1.165) is 28.1 Å². The molecule has 2 aliphatic rings. The number of aromatic amines is 1. The van der Waals surface area contributed by atoms with Gasteiger partial charge in [0.2, 0.25) is 5.91 Å². The summed E-state index contributed by atoms with van der Waals surface area (Å²) in [5.74, 6) is 5.96. The van der Waals surface area contributed by atoms with Gasteiger partial charge in [-0.05, 0) is 37.5 Å². The Hall–Kier alpha value is -3.97. The summed E-state index contributed by atoms with van der Waals surface area (Å²) < 4.78 is 17.5. The summed E-state index contributed by atoms with van der Waals surface area (Å²) in [7, 11) is 0. The van der Waals surface area contributed by atoms with Crippen LogP contribution >= 0.6 is 11.3 Å². The third-order valence-corrected chi connectivity index (χ3v) is 7.76. The lowest BCUT2D eigenvalue weighted by Gasteiger charge is -2.16. The molecule has 1 saturated heterocycles. The van der Waals surface area contributed by atoms with Crippen LogP contribution in [0.25, 0.3) is 21.1 Å². The highest BCUT2D eigenvalue weighted by Crippen LogP contribution is 2.43. The lowest BCUT2D eigenvalue weighted by atomic mass is 10.1. The summed E-state index contributed by atoms with van der Waals surface area (Å²) in [6.07, 6.45) is 5.95. The summed E-state index contributed by atoms with van der Waals surface area (Å²) in [4.78, 5) is 31.1. The van der Waals surface area contributed by atoms with Crippen LogP contribution < -0.4 is 11.3 Å². The highest BCUT2D eigenvalue weighted by Gasteiger charge is 2.29. The van der Waals surface area contributed by atoms with E-state index < -0.39 is 11.4 Å². The van der Waals surface area contributed by atoms with Crippen LogP contribution in [0.2, 0.25) is 0 Å². The molecule has 3 aromatic heterocycles. The zero-order chi connectivity index (χ0) is 24.3. The predicted molar refractivity (Wildman–Crippen MR) is 133 cm³/mol. The number of nitrogen functional groups attached to an aromatic ring is 1. The van der Waals surface area contributed by atoms with Gasteiger partial charge in [-0.15, -0.1) is 11.3 Å². The van der Waals surface area contributed by atoms with Gasteiger partial charge in [-0.25, -0.2) is 14.5 Å². The second kappa shape index (κ2) is 8.06. The van der Waals surface area contributed by atoms with E-state index in [2.05, 4.69) is 33.6 Å². The zero-order valence-corrected chi connectivity index (χ0v) is 19.5. The standard InChI is InChI=1S/C25H21FN6O2S/c1-2-20(33)31-8-7-16(12-31)32-11-15(21-22(32)24(34)30-29-23(21)27)6-5-14-9-18-19(10-17(14)26)35-25(28-18)13-3-4-13/h2,9-11,13,16H,1,3-4,7-8,12H2,(H2,27,29)(H,30,34)/t16-/m0/s1. The van der Waals surface area contributed by atoms with Gasteiger partial charge >= 0.3 is 0 Å². The molecule has 1 atom stereocenters. The van der Waals surface area contributed by atoms with Gasteiger partial charge in [0.25, 0.3) is 5.56 Å². The number of fused-ring (bicyclic) bond motifs is 2. The van der Waals surface area contributed by atoms with Crippen molar-refractivity contribution in [1.29, 1.82) is 0 Å². The molecule has 0 radical (unpaired) electrons. The summed E-state index contributed by atoms with van der Waals surface area (Å²) in [5, 5.41) is 7.79. The van der Waals surface area contributed by atoms with Gasteiger partial charge in [-0.2, -0.15) is 5.10 Å². The molecule has 4 heterocycles. The first-order valence-electron chi connectivity index (χ1n) is 11.3. The van der Waals surface area contributed by atoms with Gasteiger partial charge in [0.1, 0.15) is 11.3 Å². The third kappa shape index (κ3) is 3.68. The van der Waals surface area contributed by atoms with Crippen LogP contribution in [-0.2, 0) is 4.79 Å². The quantitative estimate of drug-likeness (QED) is 0.340. The summed E-state index contributed by atoms with van der Waals surface area (Å²) in [6, 6.07) is 3.02. The summed E-state index contributed by atoms with van der Waals surface area (Å²) in [6.45, 7) is 4.53. The number of carbonyl (C=O) groups is 1. The van der Waals surface area contributed by atoms with E-state index in [-0.39, 0.29) is 23.3 Å². The fraction of sp³-hybridized carbons (Fsp3) is 0.280. The van der Waals surface area contributed by atoms with Crippen LogP contribution in [0.5, 0.6) is 0 Å². The molecule has 2 fully saturated rings. The van der Waals surface area contributed by atoms with Crippen molar-refractivity contribution in [3.63, 3.8) is 0 Å². The van der Waals surface area contributed by atoms with Crippen LogP contribution in [0.4, 0.5) is 10.2 Å². The number of hydrogen-bond acceptors (Lipinski definition) is 6. The van der Waals surface area contributed by atoms with E-state index in [1.54, 1.807) is 21.7 Å².